The fourth-order valence-corrected chi connectivity index (χ4v) is 4.16. The third-order valence-corrected chi connectivity index (χ3v) is 6.16. The molecule has 4 rings (SSSR count). The van der Waals surface area contributed by atoms with E-state index in [1.807, 2.05) is 24.3 Å². The number of aromatic nitrogens is 1. The van der Waals surface area contributed by atoms with Gasteiger partial charge in [0.05, 0.1) is 7.11 Å². The minimum atomic E-state index is -0.599. The number of carbonyl (C=O) groups is 2. The third-order valence-electron chi connectivity index (χ3n) is 6.16. The number of pyridine rings is 1. The molecule has 0 radical (unpaired) electrons. The van der Waals surface area contributed by atoms with Crippen LogP contribution in [0.3, 0.4) is 0 Å². The largest absolute Gasteiger partial charge is 0.457 e. The highest BCUT2D eigenvalue weighted by Crippen LogP contribution is 2.32. The number of fused-ring (bicyclic) bond motifs is 1. The molecule has 0 aliphatic heterocycles. The van der Waals surface area contributed by atoms with Crippen LogP contribution in [-0.2, 0) is 27.8 Å². The second-order valence-electron chi connectivity index (χ2n) is 9.79. The van der Waals surface area contributed by atoms with Gasteiger partial charge in [-0.05, 0) is 71.7 Å². The average molecular weight is 474 g/mol. The van der Waals surface area contributed by atoms with Crippen LogP contribution < -0.4 is 15.4 Å². The molecule has 35 heavy (non-hydrogen) atoms. The van der Waals surface area contributed by atoms with E-state index in [0.717, 1.165) is 24.1 Å². The first-order valence-corrected chi connectivity index (χ1v) is 11.7. The first kappa shape index (κ1) is 24.3. The maximum Gasteiger partial charge on any atom is 0.412 e. The number of methoxy groups -OCH3 is 1. The van der Waals surface area contributed by atoms with Crippen molar-refractivity contribution in [2.24, 2.45) is 5.92 Å². The number of aryl methyl sites for hydroxylation is 1. The molecule has 0 bridgehead atoms. The zero-order valence-corrected chi connectivity index (χ0v) is 20.6. The van der Waals surface area contributed by atoms with Crippen molar-refractivity contribution >= 4 is 23.5 Å². The van der Waals surface area contributed by atoms with Crippen LogP contribution in [0.2, 0.25) is 0 Å². The number of benzene rings is 2. The Morgan fingerprint density at radius 1 is 0.971 bits per heavy atom. The van der Waals surface area contributed by atoms with E-state index in [1.165, 1.54) is 18.2 Å². The number of hydrogen-bond donors (Lipinski definition) is 2. The van der Waals surface area contributed by atoms with Crippen LogP contribution in [0.4, 0.5) is 16.3 Å². The quantitative estimate of drug-likeness (QED) is 0.468. The zero-order valence-electron chi connectivity index (χ0n) is 20.6. The summed E-state index contributed by atoms with van der Waals surface area (Å²) in [5, 5.41) is 5.63. The highest BCUT2D eigenvalue weighted by molar-refractivity contribution is 5.93. The number of nitrogens with zero attached hydrogens (tertiary/aromatic N) is 1. The average Bonchev–Trinajstić information content (AvgIpc) is 2.83. The molecular formula is C28H31N3O4. The predicted octanol–water partition coefficient (Wildman–Crippen LogP) is 6.09. The van der Waals surface area contributed by atoms with E-state index >= 15 is 0 Å². The molecule has 182 valence electrons. The summed E-state index contributed by atoms with van der Waals surface area (Å²) >= 11 is 0. The fourth-order valence-electron chi connectivity index (χ4n) is 4.16. The second kappa shape index (κ2) is 10.2. The number of hydrogen-bond acceptors (Lipinski definition) is 5. The topological polar surface area (TPSA) is 89.5 Å². The van der Waals surface area contributed by atoms with E-state index < -0.39 is 6.09 Å². The minimum absolute atomic E-state index is 0.0197. The molecule has 3 aromatic rings. The third kappa shape index (κ3) is 6.18. The van der Waals surface area contributed by atoms with Gasteiger partial charge in [0.2, 0.25) is 5.91 Å². The van der Waals surface area contributed by atoms with Gasteiger partial charge in [-0.1, -0.05) is 39.0 Å². The highest BCUT2D eigenvalue weighted by atomic mass is 16.5. The lowest BCUT2D eigenvalue weighted by atomic mass is 9.83. The summed E-state index contributed by atoms with van der Waals surface area (Å²) in [7, 11) is 1.29. The van der Waals surface area contributed by atoms with Crippen molar-refractivity contribution < 1.29 is 19.1 Å². The number of rotatable bonds is 5. The standard InChI is InChI=1S/C28H31N3O4/c1-28(2,3)21-6-5-7-22(16-21)30-26(32)19-9-8-18-10-11-23(15-20(18)14-19)35-24-12-13-29-25(17-24)31-27(33)34-4/h5-7,10-13,15-17,19H,8-9,14H2,1-4H3,(H,30,32)(H,29,31,33). The van der Waals surface area contributed by atoms with Gasteiger partial charge in [-0.3, -0.25) is 10.1 Å². The number of nitrogens with one attached hydrogen (secondary N) is 2. The van der Waals surface area contributed by atoms with Gasteiger partial charge >= 0.3 is 6.09 Å². The van der Waals surface area contributed by atoms with Crippen LogP contribution in [0.25, 0.3) is 0 Å². The van der Waals surface area contributed by atoms with Crippen LogP contribution in [0.15, 0.2) is 60.8 Å². The zero-order chi connectivity index (χ0) is 25.0. The van der Waals surface area contributed by atoms with Crippen LogP contribution in [0.1, 0.15) is 43.9 Å². The summed E-state index contributed by atoms with van der Waals surface area (Å²) < 4.78 is 10.6. The van der Waals surface area contributed by atoms with Gasteiger partial charge in [0.15, 0.2) is 0 Å². The van der Waals surface area contributed by atoms with Gasteiger partial charge in [0.1, 0.15) is 17.3 Å². The predicted molar refractivity (Wildman–Crippen MR) is 136 cm³/mol. The molecule has 0 fully saturated rings. The van der Waals surface area contributed by atoms with Gasteiger partial charge < -0.3 is 14.8 Å². The van der Waals surface area contributed by atoms with Gasteiger partial charge in [-0.25, -0.2) is 9.78 Å². The molecule has 1 aliphatic rings. The van der Waals surface area contributed by atoms with Gasteiger partial charge in [0, 0.05) is 23.9 Å². The number of amides is 2. The Morgan fingerprint density at radius 3 is 2.54 bits per heavy atom. The lowest BCUT2D eigenvalue weighted by molar-refractivity contribution is -0.120. The minimum Gasteiger partial charge on any atom is -0.457 e. The molecule has 0 saturated carbocycles. The Bertz CT molecular complexity index is 1230. The van der Waals surface area contributed by atoms with Crippen molar-refractivity contribution in [1.82, 2.24) is 4.98 Å². The molecule has 1 aromatic heterocycles. The first-order valence-electron chi connectivity index (χ1n) is 11.7. The van der Waals surface area contributed by atoms with Crippen molar-refractivity contribution in [3.05, 3.63) is 77.5 Å². The molecule has 2 amide bonds. The molecule has 7 heteroatoms. The Labute approximate surface area is 205 Å². The van der Waals surface area contributed by atoms with Crippen LogP contribution in [-0.4, -0.2) is 24.1 Å². The smallest absolute Gasteiger partial charge is 0.412 e. The lowest BCUT2D eigenvalue weighted by Gasteiger charge is -2.25. The highest BCUT2D eigenvalue weighted by Gasteiger charge is 2.25. The molecule has 0 spiro atoms. The SMILES string of the molecule is COC(=O)Nc1cc(Oc2ccc3c(c2)CC(C(=O)Nc2cccc(C(C)(C)C)c2)CC3)ccn1. The molecular weight excluding hydrogens is 442 g/mol. The van der Waals surface area contributed by atoms with Crippen molar-refractivity contribution in [1.29, 1.82) is 0 Å². The number of anilines is 2. The number of ether oxygens (including phenoxy) is 2. The molecule has 1 heterocycles. The van der Waals surface area contributed by atoms with Crippen LogP contribution in [0.5, 0.6) is 11.5 Å². The Hall–Kier alpha value is -3.87. The Morgan fingerprint density at radius 2 is 1.77 bits per heavy atom. The van der Waals surface area contributed by atoms with Gasteiger partial charge in [-0.15, -0.1) is 0 Å². The summed E-state index contributed by atoms with van der Waals surface area (Å²) in [5.41, 5.74) is 4.39. The Balaban J connectivity index is 1.44. The van der Waals surface area contributed by atoms with Crippen LogP contribution >= 0.6 is 0 Å². The first-order chi connectivity index (χ1) is 16.7. The van der Waals surface area contributed by atoms with Gasteiger partial charge in [-0.2, -0.15) is 0 Å². The normalized spacial score (nSPS) is 15.0. The Kier molecular flexibility index (Phi) is 7.05. The second-order valence-corrected chi connectivity index (χ2v) is 9.79. The van der Waals surface area contributed by atoms with E-state index in [1.54, 1.807) is 18.3 Å². The van der Waals surface area contributed by atoms with E-state index in [9.17, 15) is 9.59 Å². The summed E-state index contributed by atoms with van der Waals surface area (Å²) in [4.78, 5) is 28.6. The fraction of sp³-hybridized carbons (Fsp3) is 0.321. The summed E-state index contributed by atoms with van der Waals surface area (Å²) in [6, 6.07) is 17.4. The maximum atomic E-state index is 13.1. The van der Waals surface area contributed by atoms with Crippen molar-refractivity contribution in [3.63, 3.8) is 0 Å². The van der Waals surface area contributed by atoms with E-state index in [-0.39, 0.29) is 17.2 Å². The van der Waals surface area contributed by atoms with E-state index in [4.69, 9.17) is 4.74 Å². The molecule has 2 aromatic carbocycles. The molecule has 0 saturated heterocycles. The number of carbonyl (C=O) groups excluding carboxylic acids is 2. The van der Waals surface area contributed by atoms with Crippen LogP contribution in [0, 0.1) is 5.92 Å². The lowest BCUT2D eigenvalue weighted by Crippen LogP contribution is -2.28. The molecule has 1 atom stereocenters. The van der Waals surface area contributed by atoms with Crippen molar-refractivity contribution in [2.45, 2.75) is 45.4 Å². The summed E-state index contributed by atoms with van der Waals surface area (Å²) in [6.45, 7) is 6.48. The maximum absolute atomic E-state index is 13.1. The molecule has 2 N–H and O–H groups in total. The van der Waals surface area contributed by atoms with Crippen molar-refractivity contribution in [3.8, 4) is 11.5 Å². The monoisotopic (exact) mass is 473 g/mol. The van der Waals surface area contributed by atoms with E-state index in [0.29, 0.717) is 23.7 Å². The summed E-state index contributed by atoms with van der Waals surface area (Å²) in [6.07, 6.45) is 3.26. The van der Waals surface area contributed by atoms with E-state index in [2.05, 4.69) is 59.3 Å². The van der Waals surface area contributed by atoms with Crippen molar-refractivity contribution in [2.75, 3.05) is 17.7 Å². The molecule has 7 nitrogen and oxygen atoms in total. The molecule has 1 aliphatic carbocycles. The molecule has 1 unspecified atom stereocenters. The van der Waals surface area contributed by atoms with Gasteiger partial charge in [0.25, 0.3) is 0 Å². The summed E-state index contributed by atoms with van der Waals surface area (Å²) in [5.74, 6) is 1.47.